The average molecular weight is 563 g/mol. The molecule has 8 nitrogen and oxygen atoms in total. The lowest BCUT2D eigenvalue weighted by atomic mass is 9.98. The predicted molar refractivity (Wildman–Crippen MR) is 155 cm³/mol. The van der Waals surface area contributed by atoms with Crippen LogP contribution in [0, 0.1) is 0 Å². The maximum absolute atomic E-state index is 13.2. The van der Waals surface area contributed by atoms with Gasteiger partial charge in [-0.15, -0.1) is 0 Å². The van der Waals surface area contributed by atoms with Crippen molar-refractivity contribution in [2.75, 3.05) is 18.6 Å². The van der Waals surface area contributed by atoms with Crippen molar-refractivity contribution >= 4 is 29.7 Å². The first-order valence-electron chi connectivity index (χ1n) is 13.2. The van der Waals surface area contributed by atoms with Gasteiger partial charge >= 0.3 is 12.1 Å². The Labute approximate surface area is 238 Å². The van der Waals surface area contributed by atoms with Gasteiger partial charge in [0.05, 0.1) is 12.7 Å². The van der Waals surface area contributed by atoms with Gasteiger partial charge in [0, 0.05) is 5.92 Å². The highest BCUT2D eigenvalue weighted by Gasteiger charge is 2.32. The van der Waals surface area contributed by atoms with Gasteiger partial charge in [-0.1, -0.05) is 78.9 Å². The lowest BCUT2D eigenvalue weighted by Gasteiger charge is -2.25. The number of carboxylic acid groups (broad SMARTS) is 1. The number of hydrogen-bond donors (Lipinski definition) is 3. The normalized spacial score (nSPS) is 14.3. The van der Waals surface area contributed by atoms with Gasteiger partial charge in [-0.2, -0.15) is 11.8 Å². The van der Waals surface area contributed by atoms with Crippen LogP contribution in [0.1, 0.15) is 36.0 Å². The number of aliphatic carboxylic acids is 1. The van der Waals surface area contributed by atoms with Crippen molar-refractivity contribution < 1.29 is 29.0 Å². The molecule has 0 radical (unpaired) electrons. The van der Waals surface area contributed by atoms with E-state index >= 15 is 0 Å². The molecule has 0 heterocycles. The Hall–Kier alpha value is -3.82. The van der Waals surface area contributed by atoms with Gasteiger partial charge in [0.15, 0.2) is 6.04 Å². The Morgan fingerprint density at radius 2 is 1.50 bits per heavy atom. The van der Waals surface area contributed by atoms with Crippen LogP contribution >= 0.6 is 11.8 Å². The zero-order chi connectivity index (χ0) is 28.5. The third kappa shape index (κ3) is 7.22. The fourth-order valence-corrected chi connectivity index (χ4v) is 5.29. The third-order valence-corrected chi connectivity index (χ3v) is 7.60. The summed E-state index contributed by atoms with van der Waals surface area (Å²) in [7, 11) is 0. The molecule has 40 heavy (non-hydrogen) atoms. The standard InChI is InChI=1S/C31H34N2O6S/c1-20(38-18-21-10-4-3-5-11-21)28(30(35)36)33-29(34)27(16-17-40-2)32-31(37)39-19-26-24-14-8-6-12-22(24)23-13-7-9-15-25(23)26/h3-15,20,26-28H,16-19H2,1-2H3,(H,32,37)(H,33,34)(H,35,36)/t20-,27+,28+/m0/s1. The molecule has 4 rings (SSSR count). The van der Waals surface area contributed by atoms with Gasteiger partial charge in [-0.25, -0.2) is 9.59 Å². The number of alkyl carbamates (subject to hydrolysis) is 1. The minimum Gasteiger partial charge on any atom is -0.480 e. The molecular formula is C31H34N2O6S. The summed E-state index contributed by atoms with van der Waals surface area (Å²) in [6.07, 6.45) is 0.658. The van der Waals surface area contributed by atoms with Crippen LogP contribution in [-0.4, -0.2) is 59.9 Å². The Morgan fingerprint density at radius 1 is 0.900 bits per heavy atom. The van der Waals surface area contributed by atoms with E-state index in [1.165, 1.54) is 11.8 Å². The lowest BCUT2D eigenvalue weighted by molar-refractivity contribution is -0.146. The average Bonchev–Trinajstić information content (AvgIpc) is 3.29. The van der Waals surface area contributed by atoms with Crippen LogP contribution in [0.3, 0.4) is 0 Å². The van der Waals surface area contributed by atoms with E-state index in [1.54, 1.807) is 6.92 Å². The smallest absolute Gasteiger partial charge is 0.407 e. The molecule has 0 spiro atoms. The molecule has 3 atom stereocenters. The summed E-state index contributed by atoms with van der Waals surface area (Å²) in [6.45, 7) is 1.91. The Kier molecular flexibility index (Phi) is 10.2. The number of carboxylic acids is 1. The van der Waals surface area contributed by atoms with E-state index < -0.39 is 36.2 Å². The quantitative estimate of drug-likeness (QED) is 0.274. The third-order valence-electron chi connectivity index (χ3n) is 6.95. The summed E-state index contributed by atoms with van der Waals surface area (Å²) in [4.78, 5) is 38.0. The van der Waals surface area contributed by atoms with E-state index in [9.17, 15) is 19.5 Å². The molecule has 0 aliphatic heterocycles. The Balaban J connectivity index is 1.37. The van der Waals surface area contributed by atoms with E-state index in [4.69, 9.17) is 9.47 Å². The maximum atomic E-state index is 13.2. The van der Waals surface area contributed by atoms with Gasteiger partial charge < -0.3 is 25.2 Å². The first-order valence-corrected chi connectivity index (χ1v) is 14.6. The second kappa shape index (κ2) is 14.0. The number of amides is 2. The van der Waals surface area contributed by atoms with Crippen LogP contribution in [0.15, 0.2) is 78.9 Å². The van der Waals surface area contributed by atoms with Crippen molar-refractivity contribution in [3.8, 4) is 11.1 Å². The van der Waals surface area contributed by atoms with Crippen molar-refractivity contribution in [1.29, 1.82) is 0 Å². The van der Waals surface area contributed by atoms with Gasteiger partial charge in [0.1, 0.15) is 12.6 Å². The highest BCUT2D eigenvalue weighted by molar-refractivity contribution is 7.98. The fraction of sp³-hybridized carbons (Fsp3) is 0.323. The van der Waals surface area contributed by atoms with E-state index in [-0.39, 0.29) is 19.1 Å². The summed E-state index contributed by atoms with van der Waals surface area (Å²) in [5, 5.41) is 15.0. The number of fused-ring (bicyclic) bond motifs is 3. The first kappa shape index (κ1) is 29.2. The highest BCUT2D eigenvalue weighted by atomic mass is 32.2. The molecular weight excluding hydrogens is 528 g/mol. The number of hydrogen-bond acceptors (Lipinski definition) is 6. The molecule has 2 amide bonds. The van der Waals surface area contributed by atoms with Crippen LogP contribution in [-0.2, 0) is 25.7 Å². The van der Waals surface area contributed by atoms with Crippen LogP contribution in [0.5, 0.6) is 0 Å². The van der Waals surface area contributed by atoms with Crippen LogP contribution in [0.4, 0.5) is 4.79 Å². The zero-order valence-corrected chi connectivity index (χ0v) is 23.4. The zero-order valence-electron chi connectivity index (χ0n) is 22.5. The van der Waals surface area contributed by atoms with Crippen LogP contribution < -0.4 is 10.6 Å². The number of carbonyl (C=O) groups is 3. The Bertz CT molecular complexity index is 1270. The molecule has 3 aromatic rings. The number of nitrogens with one attached hydrogen (secondary N) is 2. The lowest BCUT2D eigenvalue weighted by Crippen LogP contribution is -2.55. The molecule has 1 aliphatic carbocycles. The molecule has 0 unspecified atom stereocenters. The van der Waals surface area contributed by atoms with E-state index in [0.29, 0.717) is 12.2 Å². The summed E-state index contributed by atoms with van der Waals surface area (Å²) < 4.78 is 11.3. The number of rotatable bonds is 13. The monoisotopic (exact) mass is 562 g/mol. The summed E-state index contributed by atoms with van der Waals surface area (Å²) in [6, 6.07) is 23.2. The second-order valence-electron chi connectivity index (χ2n) is 9.63. The topological polar surface area (TPSA) is 114 Å². The van der Waals surface area contributed by atoms with Gasteiger partial charge in [-0.3, -0.25) is 4.79 Å². The predicted octanol–water partition coefficient (Wildman–Crippen LogP) is 4.82. The maximum Gasteiger partial charge on any atom is 0.407 e. The molecule has 3 aromatic carbocycles. The van der Waals surface area contributed by atoms with Crippen molar-refractivity contribution in [3.63, 3.8) is 0 Å². The van der Waals surface area contributed by atoms with E-state index in [0.717, 1.165) is 27.8 Å². The van der Waals surface area contributed by atoms with E-state index in [2.05, 4.69) is 22.8 Å². The first-order chi connectivity index (χ1) is 19.4. The number of carbonyl (C=O) groups excluding carboxylic acids is 2. The van der Waals surface area contributed by atoms with E-state index in [1.807, 2.05) is 73.0 Å². The van der Waals surface area contributed by atoms with Crippen LogP contribution in [0.2, 0.25) is 0 Å². The second-order valence-corrected chi connectivity index (χ2v) is 10.6. The minimum atomic E-state index is -1.29. The molecule has 0 saturated heterocycles. The molecule has 0 fully saturated rings. The summed E-state index contributed by atoms with van der Waals surface area (Å²) >= 11 is 1.52. The molecule has 0 aromatic heterocycles. The molecule has 9 heteroatoms. The molecule has 0 bridgehead atoms. The van der Waals surface area contributed by atoms with Gasteiger partial charge in [-0.05, 0) is 53.2 Å². The van der Waals surface area contributed by atoms with Gasteiger partial charge in [0.2, 0.25) is 5.91 Å². The molecule has 0 saturated carbocycles. The van der Waals surface area contributed by atoms with Crippen molar-refractivity contribution in [3.05, 3.63) is 95.6 Å². The largest absolute Gasteiger partial charge is 0.480 e. The Morgan fingerprint density at radius 3 is 2.10 bits per heavy atom. The SMILES string of the molecule is CSCC[C@@H](NC(=O)OCC1c2ccccc2-c2ccccc21)C(=O)N[C@@H](C(=O)O)[C@H](C)OCc1ccccc1. The van der Waals surface area contributed by atoms with Gasteiger partial charge in [0.25, 0.3) is 0 Å². The minimum absolute atomic E-state index is 0.110. The number of benzene rings is 3. The molecule has 3 N–H and O–H groups in total. The molecule has 210 valence electrons. The van der Waals surface area contributed by atoms with Crippen molar-refractivity contribution in [2.24, 2.45) is 0 Å². The van der Waals surface area contributed by atoms with Crippen molar-refractivity contribution in [1.82, 2.24) is 10.6 Å². The van der Waals surface area contributed by atoms with Crippen molar-refractivity contribution in [2.45, 2.75) is 44.1 Å². The van der Waals surface area contributed by atoms with Crippen LogP contribution in [0.25, 0.3) is 11.1 Å². The summed E-state index contributed by atoms with van der Waals surface area (Å²) in [5.41, 5.74) is 5.30. The highest BCUT2D eigenvalue weighted by Crippen LogP contribution is 2.44. The summed E-state index contributed by atoms with van der Waals surface area (Å²) in [5.74, 6) is -1.36. The number of thioether (sulfide) groups is 1. The number of ether oxygens (including phenoxy) is 2. The molecule has 1 aliphatic rings. The fourth-order valence-electron chi connectivity index (χ4n) is 4.82.